The second-order valence-corrected chi connectivity index (χ2v) is 7.96. The number of nitrogens with zero attached hydrogens (tertiary/aromatic N) is 5. The number of fused-ring (bicyclic) bond motifs is 1. The molecular weight excluding hydrogens is 380 g/mol. The maximum Gasteiger partial charge on any atom is 0.404 e. The summed E-state index contributed by atoms with van der Waals surface area (Å²) in [5.41, 5.74) is 1.99. The van der Waals surface area contributed by atoms with Crippen molar-refractivity contribution in [1.82, 2.24) is 20.3 Å². The normalized spacial score (nSPS) is 19.5. The Labute approximate surface area is 174 Å². The van der Waals surface area contributed by atoms with E-state index >= 15 is 0 Å². The number of carboxylic acid groups (broad SMARTS) is 1. The van der Waals surface area contributed by atoms with E-state index in [1.807, 2.05) is 18.2 Å². The number of amides is 1. The fraction of sp³-hybridized carbons (Fsp3) is 0.364. The smallest absolute Gasteiger partial charge is 0.404 e. The summed E-state index contributed by atoms with van der Waals surface area (Å²) < 4.78 is 0. The fourth-order valence-electron chi connectivity index (χ4n) is 4.41. The lowest BCUT2D eigenvalue weighted by Gasteiger charge is -2.42. The number of rotatable bonds is 4. The second-order valence-electron chi connectivity index (χ2n) is 7.96. The van der Waals surface area contributed by atoms with Gasteiger partial charge in [-0.15, -0.1) is 0 Å². The van der Waals surface area contributed by atoms with Crippen LogP contribution < -0.4 is 15.1 Å². The first-order valence-corrected chi connectivity index (χ1v) is 10.3. The molecule has 3 aromatic rings. The van der Waals surface area contributed by atoms with Crippen LogP contribution in [0.4, 0.5) is 16.4 Å². The van der Waals surface area contributed by atoms with Crippen LogP contribution in [-0.2, 0) is 0 Å². The molecule has 8 heteroatoms. The zero-order chi connectivity index (χ0) is 20.5. The highest BCUT2D eigenvalue weighted by atomic mass is 16.4. The van der Waals surface area contributed by atoms with Crippen LogP contribution in [0.1, 0.15) is 24.5 Å². The third kappa shape index (κ3) is 3.60. The fourth-order valence-corrected chi connectivity index (χ4v) is 4.41. The molecule has 30 heavy (non-hydrogen) atoms. The molecule has 0 radical (unpaired) electrons. The van der Waals surface area contributed by atoms with Gasteiger partial charge in [-0.1, -0.05) is 18.2 Å². The highest BCUT2D eigenvalue weighted by molar-refractivity contribution is 5.80. The summed E-state index contributed by atoms with van der Waals surface area (Å²) in [6, 6.07) is 12.2. The van der Waals surface area contributed by atoms with Gasteiger partial charge in [0.05, 0.1) is 11.2 Å². The summed E-state index contributed by atoms with van der Waals surface area (Å²) in [5, 5.41) is 12.8. The van der Waals surface area contributed by atoms with Crippen molar-refractivity contribution in [3.05, 3.63) is 54.5 Å². The van der Waals surface area contributed by atoms with Crippen molar-refractivity contribution in [2.75, 3.05) is 36.0 Å². The van der Waals surface area contributed by atoms with Crippen LogP contribution in [-0.4, -0.2) is 58.4 Å². The molecule has 2 aliphatic heterocycles. The third-order valence-corrected chi connectivity index (χ3v) is 5.93. The number of hydrogen-bond acceptors (Lipinski definition) is 6. The van der Waals surface area contributed by atoms with E-state index in [9.17, 15) is 4.79 Å². The summed E-state index contributed by atoms with van der Waals surface area (Å²) in [7, 11) is 0. The second kappa shape index (κ2) is 7.78. The van der Waals surface area contributed by atoms with Crippen molar-refractivity contribution in [2.45, 2.75) is 24.8 Å². The molecule has 5 rings (SSSR count). The summed E-state index contributed by atoms with van der Waals surface area (Å²) in [4.78, 5) is 29.5. The van der Waals surface area contributed by atoms with Gasteiger partial charge in [-0.25, -0.2) is 14.8 Å². The summed E-state index contributed by atoms with van der Waals surface area (Å²) in [6.45, 7) is 3.19. The number of benzene rings is 1. The zero-order valence-electron chi connectivity index (χ0n) is 16.6. The molecule has 2 aromatic heterocycles. The molecule has 2 aliphatic rings. The molecule has 0 aliphatic carbocycles. The van der Waals surface area contributed by atoms with E-state index in [2.05, 4.69) is 43.3 Å². The topological polar surface area (TPSA) is 94.5 Å². The Bertz CT molecular complexity index is 1070. The average molecular weight is 404 g/mol. The molecule has 4 heterocycles. The van der Waals surface area contributed by atoms with E-state index in [0.29, 0.717) is 6.54 Å². The van der Waals surface area contributed by atoms with E-state index in [-0.39, 0.29) is 12.0 Å². The van der Waals surface area contributed by atoms with Crippen molar-refractivity contribution in [3.63, 3.8) is 0 Å². The lowest BCUT2D eigenvalue weighted by atomic mass is 9.94. The number of nitrogens with one attached hydrogen (secondary N) is 1. The monoisotopic (exact) mass is 404 g/mol. The molecule has 8 nitrogen and oxygen atoms in total. The van der Waals surface area contributed by atoms with Gasteiger partial charge in [-0.3, -0.25) is 4.98 Å². The predicted molar refractivity (Wildman–Crippen MR) is 115 cm³/mol. The van der Waals surface area contributed by atoms with Gasteiger partial charge in [-0.2, -0.15) is 0 Å². The molecule has 2 saturated heterocycles. The maximum atomic E-state index is 11.0. The van der Waals surface area contributed by atoms with E-state index in [0.717, 1.165) is 60.7 Å². The van der Waals surface area contributed by atoms with Crippen LogP contribution in [0.25, 0.3) is 10.9 Å². The van der Waals surface area contributed by atoms with Crippen LogP contribution in [0.3, 0.4) is 0 Å². The number of hydrogen-bond donors (Lipinski definition) is 2. The number of aromatic nitrogens is 3. The van der Waals surface area contributed by atoms with Gasteiger partial charge in [-0.05, 0) is 31.0 Å². The standard InChI is InChI=1S/C22H24N6O2/c29-22(30)25-17-5-3-11-27(14-17)21-20(23-9-10-24-21)16-12-28(13-16)19-8-7-15-4-1-2-6-18(15)26-19/h1-2,4,6-10,16-17,25H,3,5,11-14H2,(H,29,30). The van der Waals surface area contributed by atoms with Gasteiger partial charge in [0.25, 0.3) is 0 Å². The maximum absolute atomic E-state index is 11.0. The predicted octanol–water partition coefficient (Wildman–Crippen LogP) is 2.87. The molecular formula is C22H24N6O2. The Morgan fingerprint density at radius 3 is 2.73 bits per heavy atom. The van der Waals surface area contributed by atoms with Crippen molar-refractivity contribution >= 4 is 28.6 Å². The Kier molecular flexibility index (Phi) is 4.82. The van der Waals surface area contributed by atoms with E-state index in [1.54, 1.807) is 12.4 Å². The zero-order valence-corrected chi connectivity index (χ0v) is 16.6. The Morgan fingerprint density at radius 1 is 1.03 bits per heavy atom. The SMILES string of the molecule is O=C(O)NC1CCCN(c2nccnc2C2CN(c3ccc4ccccc4n3)C2)C1. The average Bonchev–Trinajstić information content (AvgIpc) is 2.73. The first-order valence-electron chi connectivity index (χ1n) is 10.3. The quantitative estimate of drug-likeness (QED) is 0.690. The van der Waals surface area contributed by atoms with E-state index < -0.39 is 6.09 Å². The minimum absolute atomic E-state index is 0.0780. The van der Waals surface area contributed by atoms with Crippen LogP contribution in [0.2, 0.25) is 0 Å². The van der Waals surface area contributed by atoms with Crippen molar-refractivity contribution < 1.29 is 9.90 Å². The van der Waals surface area contributed by atoms with E-state index in [1.165, 1.54) is 0 Å². The lowest BCUT2D eigenvalue weighted by Crippen LogP contribution is -2.49. The lowest BCUT2D eigenvalue weighted by molar-refractivity contribution is 0.188. The van der Waals surface area contributed by atoms with Gasteiger partial charge in [0, 0.05) is 55.9 Å². The first-order chi connectivity index (χ1) is 14.7. The molecule has 0 spiro atoms. The van der Waals surface area contributed by atoms with Gasteiger partial charge in [0.1, 0.15) is 5.82 Å². The molecule has 1 aromatic carbocycles. The summed E-state index contributed by atoms with van der Waals surface area (Å²) in [5.74, 6) is 2.15. The van der Waals surface area contributed by atoms with Gasteiger partial charge in [0.2, 0.25) is 0 Å². The summed E-state index contributed by atoms with van der Waals surface area (Å²) >= 11 is 0. The number of pyridine rings is 1. The first kappa shape index (κ1) is 18.6. The molecule has 1 unspecified atom stereocenters. The Morgan fingerprint density at radius 2 is 1.87 bits per heavy atom. The molecule has 2 fully saturated rings. The molecule has 154 valence electrons. The third-order valence-electron chi connectivity index (χ3n) is 5.93. The number of para-hydroxylation sites is 1. The highest BCUT2D eigenvalue weighted by Gasteiger charge is 2.34. The van der Waals surface area contributed by atoms with Crippen LogP contribution >= 0.6 is 0 Å². The van der Waals surface area contributed by atoms with Crippen LogP contribution in [0, 0.1) is 0 Å². The highest BCUT2D eigenvalue weighted by Crippen LogP contribution is 2.34. The van der Waals surface area contributed by atoms with Crippen LogP contribution in [0.15, 0.2) is 48.8 Å². The number of anilines is 2. The molecule has 0 saturated carbocycles. The van der Waals surface area contributed by atoms with Crippen LogP contribution in [0.5, 0.6) is 0 Å². The molecule has 0 bridgehead atoms. The minimum Gasteiger partial charge on any atom is -0.465 e. The number of carbonyl (C=O) groups is 1. The minimum atomic E-state index is -0.973. The van der Waals surface area contributed by atoms with Crippen molar-refractivity contribution in [2.24, 2.45) is 0 Å². The van der Waals surface area contributed by atoms with Gasteiger partial charge in [0.15, 0.2) is 5.82 Å². The molecule has 1 amide bonds. The largest absolute Gasteiger partial charge is 0.465 e. The Balaban J connectivity index is 1.31. The Hall–Kier alpha value is -3.42. The molecule has 2 N–H and O–H groups in total. The van der Waals surface area contributed by atoms with Crippen molar-refractivity contribution in [3.8, 4) is 0 Å². The van der Waals surface area contributed by atoms with Crippen molar-refractivity contribution in [1.29, 1.82) is 0 Å². The van der Waals surface area contributed by atoms with E-state index in [4.69, 9.17) is 10.1 Å². The van der Waals surface area contributed by atoms with Gasteiger partial charge < -0.3 is 20.2 Å². The summed E-state index contributed by atoms with van der Waals surface area (Å²) in [6.07, 6.45) is 4.27. The molecule has 1 atom stereocenters. The number of piperidine rings is 1. The van der Waals surface area contributed by atoms with Gasteiger partial charge >= 0.3 is 6.09 Å².